The Labute approximate surface area is 156 Å². The molecule has 0 atom stereocenters. The van der Waals surface area contributed by atoms with Gasteiger partial charge < -0.3 is 9.72 Å². The van der Waals surface area contributed by atoms with Crippen molar-refractivity contribution in [1.29, 1.82) is 0 Å². The minimum Gasteiger partial charge on any atom is -0.326 e. The second-order valence-corrected chi connectivity index (χ2v) is 6.52. The average molecular weight is 359 g/mol. The van der Waals surface area contributed by atoms with Gasteiger partial charge in [-0.25, -0.2) is 9.37 Å². The first-order chi connectivity index (χ1) is 13.1. The molecule has 2 heterocycles. The summed E-state index contributed by atoms with van der Waals surface area (Å²) in [5.74, 6) is -0.450. The van der Waals surface area contributed by atoms with Crippen molar-refractivity contribution >= 4 is 17.2 Å². The third kappa shape index (κ3) is 3.87. The lowest BCUT2D eigenvalue weighted by Crippen LogP contribution is -2.14. The monoisotopic (exact) mass is 359 g/mol. The summed E-state index contributed by atoms with van der Waals surface area (Å²) in [5, 5.41) is 2.86. The number of carbonyl (C=O) groups excluding carboxylic acids is 1. The van der Waals surface area contributed by atoms with Crippen molar-refractivity contribution < 1.29 is 9.18 Å². The van der Waals surface area contributed by atoms with Crippen LogP contribution in [-0.2, 0) is 11.2 Å². The van der Waals surface area contributed by atoms with Crippen LogP contribution < -0.4 is 5.32 Å². The van der Waals surface area contributed by atoms with Crippen LogP contribution >= 0.6 is 0 Å². The first-order valence-corrected chi connectivity index (χ1v) is 8.67. The molecule has 0 saturated heterocycles. The van der Waals surface area contributed by atoms with E-state index in [0.29, 0.717) is 5.69 Å². The van der Waals surface area contributed by atoms with Gasteiger partial charge in [0, 0.05) is 23.6 Å². The maximum Gasteiger partial charge on any atom is 0.228 e. The fourth-order valence-electron chi connectivity index (χ4n) is 2.94. The van der Waals surface area contributed by atoms with Crippen LogP contribution in [0.15, 0.2) is 73.1 Å². The summed E-state index contributed by atoms with van der Waals surface area (Å²) >= 11 is 0. The van der Waals surface area contributed by atoms with Gasteiger partial charge in [0.25, 0.3) is 0 Å². The number of aryl methyl sites for hydroxylation is 1. The van der Waals surface area contributed by atoms with Crippen molar-refractivity contribution in [3.8, 4) is 11.3 Å². The second kappa shape index (κ2) is 7.03. The van der Waals surface area contributed by atoms with Gasteiger partial charge in [-0.15, -0.1) is 0 Å². The number of carbonyl (C=O) groups is 1. The van der Waals surface area contributed by atoms with Crippen molar-refractivity contribution in [2.45, 2.75) is 13.3 Å². The van der Waals surface area contributed by atoms with Crippen LogP contribution in [0.4, 0.5) is 10.1 Å². The van der Waals surface area contributed by atoms with Gasteiger partial charge in [-0.2, -0.15) is 0 Å². The van der Waals surface area contributed by atoms with Crippen molar-refractivity contribution in [3.05, 3.63) is 90.0 Å². The summed E-state index contributed by atoms with van der Waals surface area (Å²) in [6.45, 7) is 2.04. The van der Waals surface area contributed by atoms with Crippen LogP contribution in [0.2, 0.25) is 0 Å². The van der Waals surface area contributed by atoms with Gasteiger partial charge in [-0.1, -0.05) is 24.3 Å². The predicted octanol–water partition coefficient (Wildman–Crippen LogP) is 4.63. The summed E-state index contributed by atoms with van der Waals surface area (Å²) in [7, 11) is 0. The number of hydrogen-bond donors (Lipinski definition) is 1. The third-order valence-corrected chi connectivity index (χ3v) is 4.36. The Morgan fingerprint density at radius 3 is 2.56 bits per heavy atom. The highest BCUT2D eigenvalue weighted by molar-refractivity contribution is 5.92. The zero-order valence-electron chi connectivity index (χ0n) is 14.8. The lowest BCUT2D eigenvalue weighted by atomic mass is 10.1. The molecule has 27 heavy (non-hydrogen) atoms. The Morgan fingerprint density at radius 1 is 1.07 bits per heavy atom. The summed E-state index contributed by atoms with van der Waals surface area (Å²) in [6.07, 6.45) is 4.18. The molecule has 0 unspecified atom stereocenters. The van der Waals surface area contributed by atoms with Crippen molar-refractivity contribution in [1.82, 2.24) is 9.38 Å². The average Bonchev–Trinajstić information content (AvgIpc) is 3.07. The highest BCUT2D eigenvalue weighted by Gasteiger charge is 2.07. The van der Waals surface area contributed by atoms with E-state index < -0.39 is 0 Å². The number of benzene rings is 2. The maximum absolute atomic E-state index is 12.9. The highest BCUT2D eigenvalue weighted by Crippen LogP contribution is 2.22. The number of fused-ring (bicyclic) bond motifs is 1. The lowest BCUT2D eigenvalue weighted by Gasteiger charge is -2.06. The Bertz CT molecular complexity index is 1100. The highest BCUT2D eigenvalue weighted by atomic mass is 19.1. The molecule has 4 nitrogen and oxygen atoms in total. The van der Waals surface area contributed by atoms with Gasteiger partial charge in [-0.3, -0.25) is 4.79 Å². The normalized spacial score (nSPS) is 10.9. The van der Waals surface area contributed by atoms with Crippen LogP contribution in [0.5, 0.6) is 0 Å². The largest absolute Gasteiger partial charge is 0.326 e. The van der Waals surface area contributed by atoms with Crippen LogP contribution in [0.3, 0.4) is 0 Å². The van der Waals surface area contributed by atoms with Crippen LogP contribution in [-0.4, -0.2) is 15.3 Å². The predicted molar refractivity (Wildman–Crippen MR) is 104 cm³/mol. The van der Waals surface area contributed by atoms with Crippen LogP contribution in [0.25, 0.3) is 16.9 Å². The molecule has 0 spiro atoms. The molecule has 0 fully saturated rings. The SMILES string of the molecule is Cc1ccn2cc(-c3ccc(NC(=O)Cc4ccc(F)cc4)cc3)nc2c1. The van der Waals surface area contributed by atoms with E-state index in [-0.39, 0.29) is 18.1 Å². The van der Waals surface area contributed by atoms with Crippen molar-refractivity contribution in [2.24, 2.45) is 0 Å². The summed E-state index contributed by atoms with van der Waals surface area (Å²) in [6, 6.07) is 17.6. The zero-order valence-corrected chi connectivity index (χ0v) is 14.8. The van der Waals surface area contributed by atoms with Crippen LogP contribution in [0, 0.1) is 12.7 Å². The molecule has 0 aliphatic carbocycles. The molecule has 5 heteroatoms. The molecule has 0 aliphatic heterocycles. The molecule has 4 rings (SSSR count). The molecule has 2 aromatic heterocycles. The Kier molecular flexibility index (Phi) is 4.42. The first-order valence-electron chi connectivity index (χ1n) is 8.67. The maximum atomic E-state index is 12.9. The number of nitrogens with one attached hydrogen (secondary N) is 1. The minimum atomic E-state index is -0.308. The van der Waals surface area contributed by atoms with E-state index >= 15 is 0 Å². The fraction of sp³-hybridized carbons (Fsp3) is 0.0909. The fourth-order valence-corrected chi connectivity index (χ4v) is 2.94. The molecule has 1 amide bonds. The van der Waals surface area contributed by atoms with E-state index in [0.717, 1.165) is 22.5 Å². The third-order valence-electron chi connectivity index (χ3n) is 4.36. The Balaban J connectivity index is 1.46. The number of nitrogens with zero attached hydrogens (tertiary/aromatic N) is 2. The minimum absolute atomic E-state index is 0.141. The standard InChI is InChI=1S/C22H18FN3O/c1-15-10-11-26-14-20(25-21(26)12-15)17-4-8-19(9-5-17)24-22(27)13-16-2-6-18(23)7-3-16/h2-12,14H,13H2,1H3,(H,24,27). The summed E-state index contributed by atoms with van der Waals surface area (Å²) in [4.78, 5) is 16.8. The van der Waals surface area contributed by atoms with E-state index in [1.165, 1.54) is 17.7 Å². The number of hydrogen-bond acceptors (Lipinski definition) is 2. The Hall–Kier alpha value is -3.47. The van der Waals surface area contributed by atoms with E-state index in [2.05, 4.69) is 10.3 Å². The molecule has 134 valence electrons. The van der Waals surface area contributed by atoms with Crippen molar-refractivity contribution in [3.63, 3.8) is 0 Å². The molecule has 1 N–H and O–H groups in total. The van der Waals surface area contributed by atoms with E-state index in [1.807, 2.05) is 60.1 Å². The van der Waals surface area contributed by atoms with Gasteiger partial charge in [0.1, 0.15) is 11.5 Å². The van der Waals surface area contributed by atoms with E-state index in [9.17, 15) is 9.18 Å². The van der Waals surface area contributed by atoms with E-state index in [4.69, 9.17) is 0 Å². The number of halogens is 1. The van der Waals surface area contributed by atoms with Gasteiger partial charge in [0.2, 0.25) is 5.91 Å². The van der Waals surface area contributed by atoms with Crippen molar-refractivity contribution in [2.75, 3.05) is 5.32 Å². The van der Waals surface area contributed by atoms with Gasteiger partial charge in [0.15, 0.2) is 0 Å². The van der Waals surface area contributed by atoms with Gasteiger partial charge >= 0.3 is 0 Å². The molecule has 0 radical (unpaired) electrons. The zero-order chi connectivity index (χ0) is 18.8. The summed E-state index contributed by atoms with van der Waals surface area (Å²) < 4.78 is 14.9. The molecular formula is C22H18FN3O. The molecule has 0 bridgehead atoms. The number of imidazole rings is 1. The van der Waals surface area contributed by atoms with Crippen LogP contribution in [0.1, 0.15) is 11.1 Å². The number of rotatable bonds is 4. The molecule has 2 aromatic carbocycles. The molecule has 0 saturated carbocycles. The van der Waals surface area contributed by atoms with Gasteiger partial charge in [0.05, 0.1) is 12.1 Å². The number of amides is 1. The number of anilines is 1. The molecule has 0 aliphatic rings. The van der Waals surface area contributed by atoms with E-state index in [1.54, 1.807) is 12.1 Å². The van der Waals surface area contributed by atoms with Gasteiger partial charge in [-0.05, 0) is 54.4 Å². The number of aromatic nitrogens is 2. The Morgan fingerprint density at radius 2 is 1.81 bits per heavy atom. The second-order valence-electron chi connectivity index (χ2n) is 6.52. The first kappa shape index (κ1) is 17.0. The number of pyridine rings is 1. The lowest BCUT2D eigenvalue weighted by molar-refractivity contribution is -0.115. The molecule has 4 aromatic rings. The quantitative estimate of drug-likeness (QED) is 0.577. The molecular weight excluding hydrogens is 341 g/mol. The smallest absolute Gasteiger partial charge is 0.228 e. The summed E-state index contributed by atoms with van der Waals surface area (Å²) in [5.41, 5.74) is 5.41. The topological polar surface area (TPSA) is 46.4 Å².